The van der Waals surface area contributed by atoms with Crippen LogP contribution in [0.3, 0.4) is 0 Å². The van der Waals surface area contributed by atoms with Crippen LogP contribution in [0.4, 0.5) is 11.4 Å². The molecule has 2 heterocycles. The molecule has 0 aliphatic carbocycles. The average molecular weight is 284 g/mol. The molecule has 0 radical (unpaired) electrons. The van der Waals surface area contributed by atoms with E-state index < -0.39 is 0 Å². The summed E-state index contributed by atoms with van der Waals surface area (Å²) in [6.45, 7) is 8.88. The van der Waals surface area contributed by atoms with Crippen LogP contribution in [-0.2, 0) is 0 Å². The first-order valence-electron chi connectivity index (χ1n) is 7.80. The van der Waals surface area contributed by atoms with Crippen molar-refractivity contribution in [2.24, 2.45) is 4.99 Å². The lowest BCUT2D eigenvalue weighted by molar-refractivity contribution is 0.337. The first-order chi connectivity index (χ1) is 10.2. The van der Waals surface area contributed by atoms with Crippen molar-refractivity contribution in [1.82, 2.24) is 9.80 Å². The fourth-order valence-electron chi connectivity index (χ4n) is 2.94. The van der Waals surface area contributed by atoms with Gasteiger partial charge in [0.2, 0.25) is 0 Å². The van der Waals surface area contributed by atoms with E-state index in [4.69, 9.17) is 0 Å². The molecule has 0 unspecified atom stereocenters. The van der Waals surface area contributed by atoms with Crippen LogP contribution in [0, 0.1) is 0 Å². The fourth-order valence-corrected chi connectivity index (χ4v) is 2.94. The maximum absolute atomic E-state index is 4.47. The highest BCUT2D eigenvalue weighted by Crippen LogP contribution is 2.32. The summed E-state index contributed by atoms with van der Waals surface area (Å²) in [6, 6.07) is 6.34. The molecule has 2 aliphatic heterocycles. The van der Waals surface area contributed by atoms with Gasteiger partial charge in [-0.25, -0.2) is 4.99 Å². The normalized spacial score (nSPS) is 18.1. The molecule has 0 spiro atoms. The molecule has 1 saturated heterocycles. The van der Waals surface area contributed by atoms with Crippen molar-refractivity contribution in [2.45, 2.75) is 19.3 Å². The lowest BCUT2D eigenvalue weighted by Gasteiger charge is -2.23. The quantitative estimate of drug-likeness (QED) is 0.843. The molecular formula is C17H24N4. The summed E-state index contributed by atoms with van der Waals surface area (Å²) in [4.78, 5) is 8.97. The van der Waals surface area contributed by atoms with Crippen LogP contribution < -0.4 is 5.32 Å². The number of benzene rings is 1. The Morgan fingerprint density at radius 3 is 2.90 bits per heavy atom. The molecule has 1 aromatic carbocycles. The van der Waals surface area contributed by atoms with Gasteiger partial charge in [0.15, 0.2) is 0 Å². The Balaban J connectivity index is 1.53. The van der Waals surface area contributed by atoms with Crippen molar-refractivity contribution in [2.75, 3.05) is 38.5 Å². The van der Waals surface area contributed by atoms with E-state index >= 15 is 0 Å². The van der Waals surface area contributed by atoms with Crippen LogP contribution in [0.1, 0.15) is 24.8 Å². The largest absolute Gasteiger partial charge is 0.385 e. The molecular weight excluding hydrogens is 260 g/mol. The summed E-state index contributed by atoms with van der Waals surface area (Å²) in [6.07, 6.45) is 5.75. The summed E-state index contributed by atoms with van der Waals surface area (Å²) in [7, 11) is 1.97. The average Bonchev–Trinajstić information content (AvgIpc) is 3.01. The summed E-state index contributed by atoms with van der Waals surface area (Å²) < 4.78 is 0. The first-order valence-corrected chi connectivity index (χ1v) is 7.80. The Kier molecular flexibility index (Phi) is 4.25. The molecule has 1 aromatic rings. The second-order valence-corrected chi connectivity index (χ2v) is 5.86. The molecule has 3 rings (SSSR count). The smallest absolute Gasteiger partial charge is 0.0954 e. The molecule has 0 amide bonds. The van der Waals surface area contributed by atoms with Crippen LogP contribution in [0.25, 0.3) is 5.70 Å². The number of aliphatic imine (C=N–C) groups is 1. The predicted octanol–water partition coefficient (Wildman–Crippen LogP) is 3.16. The van der Waals surface area contributed by atoms with E-state index in [1.165, 1.54) is 38.9 Å². The van der Waals surface area contributed by atoms with Crippen molar-refractivity contribution in [1.29, 1.82) is 0 Å². The van der Waals surface area contributed by atoms with Gasteiger partial charge in [-0.15, -0.1) is 0 Å². The highest BCUT2D eigenvalue weighted by molar-refractivity contribution is 5.87. The third kappa shape index (κ3) is 3.27. The van der Waals surface area contributed by atoms with Crippen LogP contribution in [0.2, 0.25) is 0 Å². The van der Waals surface area contributed by atoms with E-state index in [1.807, 2.05) is 18.3 Å². The Morgan fingerprint density at radius 2 is 2.10 bits per heavy atom. The van der Waals surface area contributed by atoms with Gasteiger partial charge in [-0.2, -0.15) is 0 Å². The minimum Gasteiger partial charge on any atom is -0.385 e. The van der Waals surface area contributed by atoms with Crippen LogP contribution >= 0.6 is 0 Å². The monoisotopic (exact) mass is 284 g/mol. The van der Waals surface area contributed by atoms with Crippen molar-refractivity contribution in [3.63, 3.8) is 0 Å². The second kappa shape index (κ2) is 6.31. The number of hydrogen-bond donors (Lipinski definition) is 1. The lowest BCUT2D eigenvalue weighted by Crippen LogP contribution is -2.22. The van der Waals surface area contributed by atoms with E-state index in [0.717, 1.165) is 29.2 Å². The van der Waals surface area contributed by atoms with Gasteiger partial charge >= 0.3 is 0 Å². The Hall–Kier alpha value is -1.81. The molecule has 2 aliphatic rings. The van der Waals surface area contributed by atoms with E-state index in [2.05, 4.69) is 40.0 Å². The van der Waals surface area contributed by atoms with Crippen molar-refractivity contribution in [3.05, 3.63) is 30.3 Å². The standard InChI is InChI=1S/C17H24N4/c1-14-16-7-6-15(12-17(16)19-13-20(14)2)18-8-5-11-21-9-3-4-10-21/h6-7,12-13,18H,1,3-5,8-11H2,2H3. The zero-order valence-electron chi connectivity index (χ0n) is 12.8. The zero-order chi connectivity index (χ0) is 14.7. The van der Waals surface area contributed by atoms with Gasteiger partial charge in [0.05, 0.1) is 12.0 Å². The van der Waals surface area contributed by atoms with Gasteiger partial charge in [0.1, 0.15) is 0 Å². The molecule has 1 fully saturated rings. The van der Waals surface area contributed by atoms with Crippen LogP contribution in [0.15, 0.2) is 29.8 Å². The topological polar surface area (TPSA) is 30.9 Å². The van der Waals surface area contributed by atoms with E-state index in [-0.39, 0.29) is 0 Å². The fraction of sp³-hybridized carbons (Fsp3) is 0.471. The Labute approximate surface area is 127 Å². The minimum atomic E-state index is 1.00. The third-order valence-corrected chi connectivity index (χ3v) is 4.28. The molecule has 4 heteroatoms. The van der Waals surface area contributed by atoms with E-state index in [1.54, 1.807) is 0 Å². The van der Waals surface area contributed by atoms with Gasteiger partial charge in [0, 0.05) is 30.5 Å². The molecule has 0 atom stereocenters. The summed E-state index contributed by atoms with van der Waals surface area (Å²) in [5, 5.41) is 3.50. The second-order valence-electron chi connectivity index (χ2n) is 5.86. The predicted molar refractivity (Wildman–Crippen MR) is 90.2 cm³/mol. The molecule has 1 N–H and O–H groups in total. The summed E-state index contributed by atoms with van der Waals surface area (Å²) in [5.74, 6) is 0. The van der Waals surface area contributed by atoms with Gasteiger partial charge in [-0.05, 0) is 57.1 Å². The number of rotatable bonds is 5. The zero-order valence-corrected chi connectivity index (χ0v) is 12.8. The van der Waals surface area contributed by atoms with Crippen molar-refractivity contribution >= 4 is 23.4 Å². The number of anilines is 1. The molecule has 0 aromatic heterocycles. The number of hydrogen-bond acceptors (Lipinski definition) is 4. The number of likely N-dealkylation sites (tertiary alicyclic amines) is 1. The number of fused-ring (bicyclic) bond motifs is 1. The van der Waals surface area contributed by atoms with E-state index in [0.29, 0.717) is 0 Å². The van der Waals surface area contributed by atoms with Crippen molar-refractivity contribution in [3.8, 4) is 0 Å². The highest BCUT2D eigenvalue weighted by atomic mass is 15.2. The minimum absolute atomic E-state index is 1.00. The van der Waals surface area contributed by atoms with Crippen LogP contribution in [0.5, 0.6) is 0 Å². The summed E-state index contributed by atoms with van der Waals surface area (Å²) >= 11 is 0. The molecule has 112 valence electrons. The molecule has 4 nitrogen and oxygen atoms in total. The highest BCUT2D eigenvalue weighted by Gasteiger charge is 2.14. The van der Waals surface area contributed by atoms with Gasteiger partial charge in [-0.1, -0.05) is 6.58 Å². The Bertz CT molecular complexity index is 544. The molecule has 21 heavy (non-hydrogen) atoms. The lowest BCUT2D eigenvalue weighted by atomic mass is 10.1. The first kappa shape index (κ1) is 14.1. The maximum atomic E-state index is 4.47. The SMILES string of the molecule is C=C1c2ccc(NCCCN3CCCC3)cc2N=CN1C. The van der Waals surface area contributed by atoms with Crippen LogP contribution in [-0.4, -0.2) is 49.4 Å². The van der Waals surface area contributed by atoms with E-state index in [9.17, 15) is 0 Å². The number of nitrogens with one attached hydrogen (secondary N) is 1. The Morgan fingerprint density at radius 1 is 1.29 bits per heavy atom. The molecule has 0 bridgehead atoms. The van der Waals surface area contributed by atoms with Gasteiger partial charge < -0.3 is 15.1 Å². The maximum Gasteiger partial charge on any atom is 0.0954 e. The van der Waals surface area contributed by atoms with Gasteiger partial charge in [0.25, 0.3) is 0 Å². The molecule has 0 saturated carbocycles. The van der Waals surface area contributed by atoms with Gasteiger partial charge in [-0.3, -0.25) is 0 Å². The van der Waals surface area contributed by atoms with Crippen molar-refractivity contribution < 1.29 is 0 Å². The summed E-state index contributed by atoms with van der Waals surface area (Å²) in [5.41, 5.74) is 4.26. The third-order valence-electron chi connectivity index (χ3n) is 4.28. The number of nitrogens with zero attached hydrogens (tertiary/aromatic N) is 3.